The first kappa shape index (κ1) is 15.8. The van der Waals surface area contributed by atoms with E-state index in [4.69, 9.17) is 9.47 Å². The average Bonchev–Trinajstić information content (AvgIpc) is 2.50. The Morgan fingerprint density at radius 3 is 2.55 bits per heavy atom. The van der Waals surface area contributed by atoms with Crippen LogP contribution in [-0.4, -0.2) is 19.6 Å². The van der Waals surface area contributed by atoms with Crippen LogP contribution in [0, 0.1) is 11.6 Å². The second-order valence-corrected chi connectivity index (χ2v) is 4.42. The quantitative estimate of drug-likeness (QED) is 0.890. The molecule has 0 heterocycles. The average molecular weight is 307 g/mol. The number of nitrogens with one attached hydrogen (secondary N) is 1. The Morgan fingerprint density at radius 2 is 1.86 bits per heavy atom. The Labute approximate surface area is 126 Å². The van der Waals surface area contributed by atoms with Gasteiger partial charge in [-0.15, -0.1) is 0 Å². The van der Waals surface area contributed by atoms with E-state index in [9.17, 15) is 13.6 Å². The molecule has 0 radical (unpaired) electrons. The van der Waals surface area contributed by atoms with Gasteiger partial charge in [0.25, 0.3) is 0 Å². The molecule has 0 aliphatic carbocycles. The molecule has 2 rings (SSSR count). The van der Waals surface area contributed by atoms with Crippen molar-refractivity contribution in [3.63, 3.8) is 0 Å². The molecule has 6 heteroatoms. The zero-order valence-corrected chi connectivity index (χ0v) is 11.9. The second-order valence-electron chi connectivity index (χ2n) is 4.42. The van der Waals surface area contributed by atoms with Crippen LogP contribution in [0.25, 0.3) is 0 Å². The fraction of sp³-hybridized carbons (Fsp3) is 0.188. The first-order valence-electron chi connectivity index (χ1n) is 6.61. The molecule has 1 amide bonds. The fourth-order valence-electron chi connectivity index (χ4n) is 1.80. The molecule has 0 spiro atoms. The van der Waals surface area contributed by atoms with Crippen molar-refractivity contribution in [3.8, 4) is 11.5 Å². The van der Waals surface area contributed by atoms with E-state index >= 15 is 0 Å². The van der Waals surface area contributed by atoms with Crippen LogP contribution in [0.3, 0.4) is 0 Å². The van der Waals surface area contributed by atoms with Crippen LogP contribution in [0.2, 0.25) is 0 Å². The normalized spacial score (nSPS) is 10.1. The van der Waals surface area contributed by atoms with E-state index in [-0.39, 0.29) is 18.7 Å². The van der Waals surface area contributed by atoms with Gasteiger partial charge in [-0.25, -0.2) is 8.78 Å². The van der Waals surface area contributed by atoms with Crippen LogP contribution in [0.5, 0.6) is 11.5 Å². The van der Waals surface area contributed by atoms with Gasteiger partial charge in [-0.05, 0) is 24.3 Å². The monoisotopic (exact) mass is 307 g/mol. The Kier molecular flexibility index (Phi) is 5.30. The summed E-state index contributed by atoms with van der Waals surface area (Å²) in [6.45, 7) is 0.106. The van der Waals surface area contributed by atoms with Crippen LogP contribution < -0.4 is 14.8 Å². The lowest BCUT2D eigenvalue weighted by Crippen LogP contribution is -2.16. The first-order valence-corrected chi connectivity index (χ1v) is 6.61. The van der Waals surface area contributed by atoms with Crippen molar-refractivity contribution in [1.82, 2.24) is 0 Å². The molecule has 0 atom stereocenters. The highest BCUT2D eigenvalue weighted by Crippen LogP contribution is 2.25. The van der Waals surface area contributed by atoms with Gasteiger partial charge in [0, 0.05) is 6.07 Å². The number of hydrogen-bond donors (Lipinski definition) is 1. The third-order valence-electron chi connectivity index (χ3n) is 2.86. The van der Waals surface area contributed by atoms with Crippen molar-refractivity contribution in [1.29, 1.82) is 0 Å². The number of benzene rings is 2. The fourth-order valence-corrected chi connectivity index (χ4v) is 1.80. The number of anilines is 1. The molecule has 4 nitrogen and oxygen atoms in total. The highest BCUT2D eigenvalue weighted by Gasteiger charge is 2.09. The zero-order valence-electron chi connectivity index (χ0n) is 11.9. The van der Waals surface area contributed by atoms with Crippen LogP contribution in [0.15, 0.2) is 42.5 Å². The summed E-state index contributed by atoms with van der Waals surface area (Å²) in [5, 5.41) is 2.36. The second kappa shape index (κ2) is 7.40. The highest BCUT2D eigenvalue weighted by molar-refractivity contribution is 5.90. The van der Waals surface area contributed by atoms with Gasteiger partial charge in [0.05, 0.1) is 25.8 Å². The molecular weight excluding hydrogens is 292 g/mol. The zero-order chi connectivity index (χ0) is 15.9. The molecule has 0 saturated carbocycles. The van der Waals surface area contributed by atoms with E-state index in [0.29, 0.717) is 17.6 Å². The summed E-state index contributed by atoms with van der Waals surface area (Å²) in [6.07, 6.45) is 0.0227. The van der Waals surface area contributed by atoms with Crippen molar-refractivity contribution >= 4 is 11.6 Å². The van der Waals surface area contributed by atoms with Crippen LogP contribution in [0.1, 0.15) is 6.42 Å². The Balaban J connectivity index is 1.85. The van der Waals surface area contributed by atoms with Crippen molar-refractivity contribution in [2.75, 3.05) is 19.0 Å². The van der Waals surface area contributed by atoms with Gasteiger partial charge < -0.3 is 14.8 Å². The molecule has 1 N–H and O–H groups in total. The SMILES string of the molecule is COc1ccccc1OCCC(=O)Nc1ccc(F)cc1F. The lowest BCUT2D eigenvalue weighted by Gasteiger charge is -2.10. The topological polar surface area (TPSA) is 47.6 Å². The molecule has 0 aromatic heterocycles. The van der Waals surface area contributed by atoms with Crippen molar-refractivity contribution in [2.24, 2.45) is 0 Å². The van der Waals surface area contributed by atoms with Crippen molar-refractivity contribution < 1.29 is 23.0 Å². The standard InChI is InChI=1S/C16H15F2NO3/c1-21-14-4-2-3-5-15(14)22-9-8-16(20)19-13-7-6-11(17)10-12(13)18/h2-7,10H,8-9H2,1H3,(H,19,20). The predicted octanol–water partition coefficient (Wildman–Crippen LogP) is 3.38. The number of carbonyl (C=O) groups is 1. The highest BCUT2D eigenvalue weighted by atomic mass is 19.1. The van der Waals surface area contributed by atoms with Gasteiger partial charge in [-0.2, -0.15) is 0 Å². The van der Waals surface area contributed by atoms with E-state index in [1.165, 1.54) is 13.2 Å². The van der Waals surface area contributed by atoms with E-state index in [1.54, 1.807) is 24.3 Å². The molecule has 2 aromatic carbocycles. The maximum atomic E-state index is 13.4. The minimum Gasteiger partial charge on any atom is -0.493 e. The summed E-state index contributed by atoms with van der Waals surface area (Å²) in [5.41, 5.74) is -0.0660. The molecule has 22 heavy (non-hydrogen) atoms. The Morgan fingerprint density at radius 1 is 1.14 bits per heavy atom. The lowest BCUT2D eigenvalue weighted by atomic mass is 10.3. The molecule has 0 aliphatic rings. The van der Waals surface area contributed by atoms with Gasteiger partial charge in [0.15, 0.2) is 11.5 Å². The molecule has 0 bridgehead atoms. The number of hydrogen-bond acceptors (Lipinski definition) is 3. The Hall–Kier alpha value is -2.63. The first-order chi connectivity index (χ1) is 10.6. The van der Waals surface area contributed by atoms with E-state index in [2.05, 4.69) is 5.32 Å². The maximum Gasteiger partial charge on any atom is 0.227 e. The largest absolute Gasteiger partial charge is 0.493 e. The van der Waals surface area contributed by atoms with E-state index < -0.39 is 17.5 Å². The predicted molar refractivity (Wildman–Crippen MR) is 78.1 cm³/mol. The van der Waals surface area contributed by atoms with Gasteiger partial charge in [0.1, 0.15) is 11.6 Å². The van der Waals surface area contributed by atoms with Gasteiger partial charge in [-0.1, -0.05) is 12.1 Å². The number of carbonyl (C=O) groups excluding carboxylic acids is 1. The molecule has 116 valence electrons. The number of rotatable bonds is 6. The van der Waals surface area contributed by atoms with Gasteiger partial charge >= 0.3 is 0 Å². The summed E-state index contributed by atoms with van der Waals surface area (Å²) in [5.74, 6) is -0.868. The summed E-state index contributed by atoms with van der Waals surface area (Å²) < 4.78 is 36.7. The number of para-hydroxylation sites is 2. The van der Waals surface area contributed by atoms with E-state index in [1.807, 2.05) is 0 Å². The Bertz CT molecular complexity index is 662. The number of halogens is 2. The minimum absolute atomic E-state index is 0.0227. The molecule has 0 saturated heterocycles. The van der Waals surface area contributed by atoms with Crippen LogP contribution in [0.4, 0.5) is 14.5 Å². The van der Waals surface area contributed by atoms with Gasteiger partial charge in [0.2, 0.25) is 5.91 Å². The molecule has 0 fully saturated rings. The number of methoxy groups -OCH3 is 1. The molecule has 0 unspecified atom stereocenters. The van der Waals surface area contributed by atoms with Crippen molar-refractivity contribution in [2.45, 2.75) is 6.42 Å². The third-order valence-corrected chi connectivity index (χ3v) is 2.86. The summed E-state index contributed by atoms with van der Waals surface area (Å²) in [6, 6.07) is 10.00. The summed E-state index contributed by atoms with van der Waals surface area (Å²) >= 11 is 0. The maximum absolute atomic E-state index is 13.4. The van der Waals surface area contributed by atoms with E-state index in [0.717, 1.165) is 6.07 Å². The van der Waals surface area contributed by atoms with Crippen molar-refractivity contribution in [3.05, 3.63) is 54.1 Å². The molecular formula is C16H15F2NO3. The molecule has 0 aliphatic heterocycles. The minimum atomic E-state index is -0.820. The summed E-state index contributed by atoms with van der Waals surface area (Å²) in [4.78, 5) is 11.7. The number of ether oxygens (including phenoxy) is 2. The lowest BCUT2D eigenvalue weighted by molar-refractivity contribution is -0.116. The number of amides is 1. The van der Waals surface area contributed by atoms with Crippen LogP contribution in [-0.2, 0) is 4.79 Å². The van der Waals surface area contributed by atoms with Crippen LogP contribution >= 0.6 is 0 Å². The molecule has 2 aromatic rings. The smallest absolute Gasteiger partial charge is 0.227 e. The third kappa shape index (κ3) is 4.18. The summed E-state index contributed by atoms with van der Waals surface area (Å²) in [7, 11) is 1.52. The van der Waals surface area contributed by atoms with Gasteiger partial charge in [-0.3, -0.25) is 4.79 Å².